The first kappa shape index (κ1) is 8.16. The third kappa shape index (κ3) is 1.07. The molecule has 0 spiro atoms. The van der Waals surface area contributed by atoms with Gasteiger partial charge in [-0.3, -0.25) is 14.8 Å². The molecule has 2 rings (SSSR count). The Balaban J connectivity index is 2.90. The summed E-state index contributed by atoms with van der Waals surface area (Å²) in [4.78, 5) is 40.9. The summed E-state index contributed by atoms with van der Waals surface area (Å²) in [5, 5.41) is 10.3. The standard InChI is InChI=1S/C5H3N5O4/c11-3-1-2(8-5(12)9-3)7-4(6-1)10(13)14/h(H3,6,7,8,9,11,12). The normalized spacial score (nSPS) is 10.6. The molecule has 0 aromatic carbocycles. The largest absolute Gasteiger partial charge is 0.435 e. The number of H-pyrrole nitrogens is 3. The second kappa shape index (κ2) is 2.52. The Morgan fingerprint density at radius 3 is 2.57 bits per heavy atom. The first-order chi connectivity index (χ1) is 6.58. The van der Waals surface area contributed by atoms with Crippen LogP contribution in [0.1, 0.15) is 0 Å². The van der Waals surface area contributed by atoms with Crippen molar-refractivity contribution in [1.29, 1.82) is 0 Å². The van der Waals surface area contributed by atoms with Crippen LogP contribution in [-0.2, 0) is 0 Å². The molecular weight excluding hydrogens is 194 g/mol. The Morgan fingerprint density at radius 1 is 1.21 bits per heavy atom. The van der Waals surface area contributed by atoms with Gasteiger partial charge in [-0.15, -0.1) is 0 Å². The van der Waals surface area contributed by atoms with Crippen molar-refractivity contribution in [2.24, 2.45) is 0 Å². The van der Waals surface area contributed by atoms with Crippen LogP contribution in [0.2, 0.25) is 0 Å². The van der Waals surface area contributed by atoms with Crippen LogP contribution >= 0.6 is 0 Å². The summed E-state index contributed by atoms with van der Waals surface area (Å²) >= 11 is 0. The minimum absolute atomic E-state index is 0.128. The van der Waals surface area contributed by atoms with Crippen LogP contribution in [0.3, 0.4) is 0 Å². The van der Waals surface area contributed by atoms with Crippen LogP contribution in [0.25, 0.3) is 11.2 Å². The molecule has 0 aliphatic heterocycles. The average Bonchev–Trinajstić information content (AvgIpc) is 2.47. The third-order valence-electron chi connectivity index (χ3n) is 1.55. The van der Waals surface area contributed by atoms with E-state index in [2.05, 4.69) is 15.0 Å². The topological polar surface area (TPSA) is 138 Å². The summed E-state index contributed by atoms with van der Waals surface area (Å²) in [5.74, 6) is -0.590. The molecule has 0 fully saturated rings. The molecule has 2 heterocycles. The Hall–Kier alpha value is -2.45. The summed E-state index contributed by atoms with van der Waals surface area (Å²) in [5.41, 5.74) is -1.77. The number of nitrogens with zero attached hydrogens (tertiary/aromatic N) is 2. The van der Waals surface area contributed by atoms with Crippen LogP contribution in [0.5, 0.6) is 0 Å². The second-order valence-corrected chi connectivity index (χ2v) is 2.45. The fraction of sp³-hybridized carbons (Fsp3) is 0. The molecule has 0 radical (unpaired) electrons. The van der Waals surface area contributed by atoms with Gasteiger partial charge >= 0.3 is 11.6 Å². The number of nitro groups is 1. The Kier molecular flexibility index (Phi) is 1.47. The van der Waals surface area contributed by atoms with Crippen molar-refractivity contribution in [3.63, 3.8) is 0 Å². The minimum Gasteiger partial charge on any atom is -0.390 e. The Labute approximate surface area is 74.0 Å². The van der Waals surface area contributed by atoms with E-state index in [4.69, 9.17) is 0 Å². The summed E-state index contributed by atoms with van der Waals surface area (Å²) in [6, 6.07) is 0. The quantitative estimate of drug-likeness (QED) is 0.391. The van der Waals surface area contributed by atoms with Crippen molar-refractivity contribution in [3.05, 3.63) is 31.0 Å². The van der Waals surface area contributed by atoms with Gasteiger partial charge in [0.1, 0.15) is 0 Å². The molecule has 2 aromatic heterocycles. The molecule has 0 aliphatic rings. The van der Waals surface area contributed by atoms with Gasteiger partial charge in [0.25, 0.3) is 11.2 Å². The molecule has 0 atom stereocenters. The first-order valence-electron chi connectivity index (χ1n) is 3.44. The number of aromatic amines is 3. The molecule has 0 aliphatic carbocycles. The van der Waals surface area contributed by atoms with E-state index in [0.717, 1.165) is 0 Å². The highest BCUT2D eigenvalue weighted by Gasteiger charge is 2.16. The van der Waals surface area contributed by atoms with Gasteiger partial charge in [0.15, 0.2) is 0 Å². The van der Waals surface area contributed by atoms with Gasteiger partial charge in [0, 0.05) is 0 Å². The van der Waals surface area contributed by atoms with Gasteiger partial charge in [-0.25, -0.2) is 9.78 Å². The Morgan fingerprint density at radius 2 is 1.93 bits per heavy atom. The number of rotatable bonds is 1. The van der Waals surface area contributed by atoms with Crippen LogP contribution in [0.15, 0.2) is 9.59 Å². The van der Waals surface area contributed by atoms with Crippen LogP contribution < -0.4 is 11.2 Å². The lowest BCUT2D eigenvalue weighted by atomic mass is 10.5. The van der Waals surface area contributed by atoms with Crippen LogP contribution in [0, 0.1) is 10.1 Å². The number of hydrogen-bond acceptors (Lipinski definition) is 5. The van der Waals surface area contributed by atoms with Gasteiger partial charge in [0.2, 0.25) is 5.52 Å². The van der Waals surface area contributed by atoms with Gasteiger partial charge < -0.3 is 10.1 Å². The average molecular weight is 197 g/mol. The molecule has 0 saturated heterocycles. The zero-order valence-electron chi connectivity index (χ0n) is 6.53. The molecule has 0 unspecified atom stereocenters. The molecule has 0 bridgehead atoms. The monoisotopic (exact) mass is 197 g/mol. The number of imidazole rings is 1. The van der Waals surface area contributed by atoms with E-state index in [-0.39, 0.29) is 11.2 Å². The van der Waals surface area contributed by atoms with Gasteiger partial charge in [-0.2, -0.15) is 0 Å². The number of aromatic nitrogens is 4. The van der Waals surface area contributed by atoms with Crippen molar-refractivity contribution in [3.8, 4) is 0 Å². The van der Waals surface area contributed by atoms with Crippen LogP contribution in [0.4, 0.5) is 5.95 Å². The van der Waals surface area contributed by atoms with Gasteiger partial charge in [0.05, 0.1) is 0 Å². The molecule has 0 saturated carbocycles. The van der Waals surface area contributed by atoms with E-state index in [0.29, 0.717) is 0 Å². The highest BCUT2D eigenvalue weighted by atomic mass is 16.6. The predicted octanol–water partition coefficient (Wildman–Crippen LogP) is -1.15. The fourth-order valence-corrected chi connectivity index (χ4v) is 1.01. The number of fused-ring (bicyclic) bond motifs is 1. The van der Waals surface area contributed by atoms with Crippen molar-refractivity contribution in [2.45, 2.75) is 0 Å². The molecular formula is C5H3N5O4. The summed E-state index contributed by atoms with van der Waals surface area (Å²) in [6.07, 6.45) is 0. The molecule has 3 N–H and O–H groups in total. The lowest BCUT2D eigenvalue weighted by molar-refractivity contribution is -0.393. The fourth-order valence-electron chi connectivity index (χ4n) is 1.01. The molecule has 14 heavy (non-hydrogen) atoms. The highest BCUT2D eigenvalue weighted by molar-refractivity contribution is 5.70. The SMILES string of the molecule is O=c1[nH]c(=O)c2[nH]c([N+](=O)[O-])nc2[nH]1. The molecule has 2 aromatic rings. The summed E-state index contributed by atoms with van der Waals surface area (Å²) in [7, 11) is 0. The Bertz CT molecular complexity index is 619. The maximum atomic E-state index is 11.1. The minimum atomic E-state index is -0.794. The lowest BCUT2D eigenvalue weighted by Gasteiger charge is -1.84. The maximum Gasteiger partial charge on any atom is 0.435 e. The summed E-state index contributed by atoms with van der Waals surface area (Å²) < 4.78 is 0. The van der Waals surface area contributed by atoms with Gasteiger partial charge in [-0.05, 0) is 9.91 Å². The zero-order valence-corrected chi connectivity index (χ0v) is 6.53. The van der Waals surface area contributed by atoms with E-state index in [1.54, 1.807) is 0 Å². The second-order valence-electron chi connectivity index (χ2n) is 2.45. The van der Waals surface area contributed by atoms with E-state index in [9.17, 15) is 19.7 Å². The number of hydrogen-bond donors (Lipinski definition) is 3. The zero-order chi connectivity index (χ0) is 10.3. The first-order valence-corrected chi connectivity index (χ1v) is 3.44. The smallest absolute Gasteiger partial charge is 0.390 e. The van der Waals surface area contributed by atoms with E-state index in [1.807, 2.05) is 4.98 Å². The van der Waals surface area contributed by atoms with Crippen molar-refractivity contribution in [1.82, 2.24) is 19.9 Å². The third-order valence-corrected chi connectivity index (χ3v) is 1.55. The lowest BCUT2D eigenvalue weighted by Crippen LogP contribution is -2.21. The predicted molar refractivity (Wildman–Crippen MR) is 44.0 cm³/mol. The van der Waals surface area contributed by atoms with Crippen molar-refractivity contribution < 1.29 is 4.92 Å². The maximum absolute atomic E-state index is 11.1. The molecule has 9 nitrogen and oxygen atoms in total. The molecule has 0 amide bonds. The molecule has 72 valence electrons. The summed E-state index contributed by atoms with van der Waals surface area (Å²) in [6.45, 7) is 0. The van der Waals surface area contributed by atoms with Crippen LogP contribution in [-0.4, -0.2) is 24.9 Å². The number of nitrogens with one attached hydrogen (secondary N) is 3. The van der Waals surface area contributed by atoms with E-state index in [1.165, 1.54) is 0 Å². The van der Waals surface area contributed by atoms with Crippen molar-refractivity contribution >= 4 is 17.1 Å². The highest BCUT2D eigenvalue weighted by Crippen LogP contribution is 2.07. The van der Waals surface area contributed by atoms with Gasteiger partial charge in [-0.1, -0.05) is 0 Å². The molecule has 9 heteroatoms. The van der Waals surface area contributed by atoms with Crippen molar-refractivity contribution in [2.75, 3.05) is 0 Å². The van der Waals surface area contributed by atoms with E-state index < -0.39 is 22.1 Å². The van der Waals surface area contributed by atoms with E-state index >= 15 is 0 Å².